The second-order valence-corrected chi connectivity index (χ2v) is 5.69. The first kappa shape index (κ1) is 13.7. The van der Waals surface area contributed by atoms with Crippen molar-refractivity contribution >= 4 is 44.6 Å². The number of nitrogens with two attached hydrogens (primary N) is 1. The van der Waals surface area contributed by atoms with Gasteiger partial charge in [0.05, 0.1) is 11.5 Å². The Hall–Kier alpha value is -1.74. The third-order valence-corrected chi connectivity index (χ3v) is 4.07. The van der Waals surface area contributed by atoms with Crippen LogP contribution in [0.2, 0.25) is 0 Å². The van der Waals surface area contributed by atoms with Crippen molar-refractivity contribution in [1.29, 1.82) is 0 Å². The SMILES string of the molecule is CN(Cc1cc(Br)cs1)c1ncnc(N)c1[N+](=O)[O-]. The molecule has 2 N–H and O–H groups in total. The third kappa shape index (κ3) is 2.99. The number of hydrogen-bond acceptors (Lipinski definition) is 7. The summed E-state index contributed by atoms with van der Waals surface area (Å²) in [5, 5.41) is 13.0. The zero-order valence-corrected chi connectivity index (χ0v) is 12.3. The fraction of sp³-hybridized carbons (Fsp3) is 0.200. The summed E-state index contributed by atoms with van der Waals surface area (Å²) in [5.74, 6) is 0.0798. The summed E-state index contributed by atoms with van der Waals surface area (Å²) < 4.78 is 0.984. The highest BCUT2D eigenvalue weighted by atomic mass is 79.9. The second kappa shape index (κ2) is 5.49. The molecule has 2 heterocycles. The molecule has 0 fully saturated rings. The average Bonchev–Trinajstić information content (AvgIpc) is 2.73. The molecule has 0 saturated heterocycles. The molecule has 7 nitrogen and oxygen atoms in total. The third-order valence-electron chi connectivity index (χ3n) is 2.39. The van der Waals surface area contributed by atoms with Gasteiger partial charge in [0.25, 0.3) is 0 Å². The monoisotopic (exact) mass is 343 g/mol. The Balaban J connectivity index is 2.31. The van der Waals surface area contributed by atoms with Crippen LogP contribution in [0.3, 0.4) is 0 Å². The van der Waals surface area contributed by atoms with Crippen molar-refractivity contribution in [3.8, 4) is 0 Å². The van der Waals surface area contributed by atoms with Crippen molar-refractivity contribution < 1.29 is 4.92 Å². The van der Waals surface area contributed by atoms with E-state index in [-0.39, 0.29) is 17.3 Å². The topological polar surface area (TPSA) is 98.2 Å². The first-order chi connectivity index (χ1) is 8.99. The Labute approximate surface area is 121 Å². The number of halogens is 1. The maximum atomic E-state index is 11.0. The summed E-state index contributed by atoms with van der Waals surface area (Å²) >= 11 is 4.92. The van der Waals surface area contributed by atoms with Crippen molar-refractivity contribution in [2.24, 2.45) is 0 Å². The lowest BCUT2D eigenvalue weighted by Gasteiger charge is -2.16. The van der Waals surface area contributed by atoms with Crippen molar-refractivity contribution in [2.75, 3.05) is 17.7 Å². The molecule has 2 rings (SSSR count). The molecule has 0 aliphatic carbocycles. The van der Waals surface area contributed by atoms with Crippen LogP contribution in [0.1, 0.15) is 4.88 Å². The predicted molar refractivity (Wildman–Crippen MR) is 77.2 cm³/mol. The zero-order valence-electron chi connectivity index (χ0n) is 9.91. The van der Waals surface area contributed by atoms with E-state index in [1.54, 1.807) is 23.3 Å². The zero-order chi connectivity index (χ0) is 14.0. The van der Waals surface area contributed by atoms with Gasteiger partial charge in [0.15, 0.2) is 0 Å². The Morgan fingerprint density at radius 2 is 2.32 bits per heavy atom. The molecule has 0 saturated carbocycles. The highest BCUT2D eigenvalue weighted by Crippen LogP contribution is 2.30. The lowest BCUT2D eigenvalue weighted by Crippen LogP contribution is -2.19. The molecule has 100 valence electrons. The van der Waals surface area contributed by atoms with Crippen molar-refractivity contribution in [3.05, 3.63) is 37.2 Å². The fourth-order valence-electron chi connectivity index (χ4n) is 1.58. The van der Waals surface area contributed by atoms with Gasteiger partial charge in [-0.2, -0.15) is 0 Å². The van der Waals surface area contributed by atoms with Gasteiger partial charge in [-0.25, -0.2) is 9.97 Å². The second-order valence-electron chi connectivity index (χ2n) is 3.78. The summed E-state index contributed by atoms with van der Waals surface area (Å²) in [6, 6.07) is 1.96. The molecule has 0 radical (unpaired) electrons. The lowest BCUT2D eigenvalue weighted by atomic mass is 10.3. The number of hydrogen-bond donors (Lipinski definition) is 1. The molecule has 0 aliphatic rings. The Morgan fingerprint density at radius 3 is 2.89 bits per heavy atom. The normalized spacial score (nSPS) is 10.4. The molecule has 0 unspecified atom stereocenters. The van der Waals surface area contributed by atoms with E-state index in [1.165, 1.54) is 6.33 Å². The van der Waals surface area contributed by atoms with Crippen LogP contribution in [-0.2, 0) is 6.54 Å². The predicted octanol–water partition coefficient (Wildman–Crippen LogP) is 2.43. The Kier molecular flexibility index (Phi) is 3.96. The largest absolute Gasteiger partial charge is 0.378 e. The number of rotatable bonds is 4. The van der Waals surface area contributed by atoms with E-state index in [0.717, 1.165) is 9.35 Å². The summed E-state index contributed by atoms with van der Waals surface area (Å²) in [4.78, 5) is 20.8. The van der Waals surface area contributed by atoms with E-state index >= 15 is 0 Å². The molecule has 2 aromatic heterocycles. The first-order valence-corrected chi connectivity index (χ1v) is 6.85. The van der Waals surface area contributed by atoms with Gasteiger partial charge in [-0.1, -0.05) is 0 Å². The molecular formula is C10H10BrN5O2S. The molecule has 9 heteroatoms. The number of anilines is 2. The van der Waals surface area contributed by atoms with E-state index in [0.29, 0.717) is 6.54 Å². The van der Waals surface area contributed by atoms with Gasteiger partial charge in [0, 0.05) is 21.8 Å². The molecule has 0 atom stereocenters. The molecule has 2 aromatic rings. The van der Waals surface area contributed by atoms with Gasteiger partial charge in [0.1, 0.15) is 6.33 Å². The summed E-state index contributed by atoms with van der Waals surface area (Å²) in [7, 11) is 1.72. The van der Waals surface area contributed by atoms with Gasteiger partial charge in [-0.15, -0.1) is 11.3 Å². The van der Waals surface area contributed by atoms with E-state index in [1.807, 2.05) is 11.4 Å². The number of nitrogens with zero attached hydrogens (tertiary/aromatic N) is 4. The Morgan fingerprint density at radius 1 is 1.58 bits per heavy atom. The summed E-state index contributed by atoms with van der Waals surface area (Å²) in [6.45, 7) is 0.507. The van der Waals surface area contributed by atoms with E-state index in [2.05, 4.69) is 25.9 Å². The van der Waals surface area contributed by atoms with Crippen LogP contribution in [0.4, 0.5) is 17.3 Å². The van der Waals surface area contributed by atoms with E-state index in [4.69, 9.17) is 5.73 Å². The minimum atomic E-state index is -0.564. The van der Waals surface area contributed by atoms with Crippen LogP contribution < -0.4 is 10.6 Å². The molecule has 0 amide bonds. The van der Waals surface area contributed by atoms with Gasteiger partial charge in [-0.3, -0.25) is 10.1 Å². The van der Waals surface area contributed by atoms with Gasteiger partial charge in [-0.05, 0) is 22.0 Å². The van der Waals surface area contributed by atoms with Crippen LogP contribution in [0, 0.1) is 10.1 Å². The highest BCUT2D eigenvalue weighted by Gasteiger charge is 2.23. The fourth-order valence-corrected chi connectivity index (χ4v) is 3.09. The number of nitro groups is 1. The first-order valence-electron chi connectivity index (χ1n) is 5.18. The summed E-state index contributed by atoms with van der Waals surface area (Å²) in [6.07, 6.45) is 1.22. The lowest BCUT2D eigenvalue weighted by molar-refractivity contribution is -0.383. The van der Waals surface area contributed by atoms with Crippen molar-refractivity contribution in [1.82, 2.24) is 9.97 Å². The van der Waals surface area contributed by atoms with Gasteiger partial charge < -0.3 is 10.6 Å². The maximum Gasteiger partial charge on any atom is 0.353 e. The highest BCUT2D eigenvalue weighted by molar-refractivity contribution is 9.10. The van der Waals surface area contributed by atoms with E-state index < -0.39 is 4.92 Å². The van der Waals surface area contributed by atoms with E-state index in [9.17, 15) is 10.1 Å². The van der Waals surface area contributed by atoms with Crippen LogP contribution >= 0.6 is 27.3 Å². The molecule has 0 aromatic carbocycles. The van der Waals surface area contributed by atoms with Crippen LogP contribution in [-0.4, -0.2) is 21.9 Å². The van der Waals surface area contributed by atoms with Crippen molar-refractivity contribution in [2.45, 2.75) is 6.54 Å². The smallest absolute Gasteiger partial charge is 0.353 e. The summed E-state index contributed by atoms with van der Waals surface area (Å²) in [5.41, 5.74) is 5.27. The van der Waals surface area contributed by atoms with Crippen LogP contribution in [0.5, 0.6) is 0 Å². The van der Waals surface area contributed by atoms with Gasteiger partial charge in [0.2, 0.25) is 11.6 Å². The molecular weight excluding hydrogens is 334 g/mol. The van der Waals surface area contributed by atoms with Crippen LogP contribution in [0.15, 0.2) is 22.2 Å². The number of thiophene rings is 1. The number of aromatic nitrogens is 2. The van der Waals surface area contributed by atoms with Crippen LogP contribution in [0.25, 0.3) is 0 Å². The Bertz CT molecular complexity index is 618. The quantitative estimate of drug-likeness (QED) is 0.676. The molecule has 0 bridgehead atoms. The molecule has 0 spiro atoms. The van der Waals surface area contributed by atoms with Crippen molar-refractivity contribution in [3.63, 3.8) is 0 Å². The minimum absolute atomic E-state index is 0.130. The average molecular weight is 344 g/mol. The van der Waals surface area contributed by atoms with Gasteiger partial charge >= 0.3 is 5.69 Å². The molecule has 0 aliphatic heterocycles. The standard InChI is InChI=1S/C10H10BrN5O2S/c1-15(3-7-2-6(11)4-19-7)10-8(16(17)18)9(12)13-5-14-10/h2,4-5H,3H2,1H3,(H2,12,13,14). The molecule has 19 heavy (non-hydrogen) atoms. The minimum Gasteiger partial charge on any atom is -0.378 e. The number of nitrogen functional groups attached to an aromatic ring is 1. The maximum absolute atomic E-state index is 11.0.